The molecule has 2 rings (SSSR count). The van der Waals surface area contributed by atoms with Crippen LogP contribution in [0.2, 0.25) is 5.02 Å². The van der Waals surface area contributed by atoms with E-state index in [2.05, 4.69) is 0 Å². The van der Waals surface area contributed by atoms with E-state index >= 15 is 0 Å². The van der Waals surface area contributed by atoms with Crippen molar-refractivity contribution in [2.45, 2.75) is 32.4 Å². The fourth-order valence-corrected chi connectivity index (χ4v) is 4.48. The van der Waals surface area contributed by atoms with Gasteiger partial charge in [0.15, 0.2) is 0 Å². The van der Waals surface area contributed by atoms with Crippen molar-refractivity contribution in [1.82, 2.24) is 8.61 Å². The Morgan fingerprint density at radius 1 is 1.32 bits per heavy atom. The number of halogens is 1. The second-order valence-corrected chi connectivity index (χ2v) is 8.36. The van der Waals surface area contributed by atoms with Crippen molar-refractivity contribution in [3.8, 4) is 0 Å². The smallest absolute Gasteiger partial charge is 0.282 e. The molecule has 1 aliphatic rings. The number of aliphatic hydroxyl groups excluding tert-OH is 1. The second-order valence-electron chi connectivity index (χ2n) is 5.93. The van der Waals surface area contributed by atoms with Gasteiger partial charge in [0.1, 0.15) is 0 Å². The van der Waals surface area contributed by atoms with Crippen LogP contribution >= 0.6 is 11.6 Å². The van der Waals surface area contributed by atoms with Crippen LogP contribution in [0.5, 0.6) is 0 Å². The van der Waals surface area contributed by atoms with E-state index in [1.54, 1.807) is 19.2 Å². The summed E-state index contributed by atoms with van der Waals surface area (Å²) in [4.78, 5) is 0. The van der Waals surface area contributed by atoms with Gasteiger partial charge in [0.05, 0.1) is 0 Å². The van der Waals surface area contributed by atoms with E-state index in [4.69, 9.17) is 11.6 Å². The van der Waals surface area contributed by atoms with Gasteiger partial charge in [0.25, 0.3) is 10.2 Å². The molecule has 1 aromatic carbocycles. The van der Waals surface area contributed by atoms with Crippen molar-refractivity contribution in [2.24, 2.45) is 5.92 Å². The fourth-order valence-electron chi connectivity index (χ4n) is 2.72. The van der Waals surface area contributed by atoms with E-state index in [9.17, 15) is 13.5 Å². The molecule has 1 aliphatic heterocycles. The highest BCUT2D eigenvalue weighted by molar-refractivity contribution is 7.86. The molecular weight excluding hydrogens is 324 g/mol. The number of benzene rings is 1. The summed E-state index contributed by atoms with van der Waals surface area (Å²) >= 11 is 5.85. The van der Waals surface area contributed by atoms with Gasteiger partial charge in [-0.15, -0.1) is 0 Å². The van der Waals surface area contributed by atoms with Gasteiger partial charge in [0, 0.05) is 37.8 Å². The summed E-state index contributed by atoms with van der Waals surface area (Å²) in [5.74, 6) is 0.0231. The van der Waals surface area contributed by atoms with Gasteiger partial charge >= 0.3 is 0 Å². The SMILES string of the molecule is CC1CCC(CO)CN1S(=O)(=O)N(C)Cc1ccc(Cl)cc1. The third-order valence-electron chi connectivity index (χ3n) is 4.19. The van der Waals surface area contributed by atoms with Gasteiger partial charge < -0.3 is 5.11 Å². The zero-order valence-corrected chi connectivity index (χ0v) is 14.5. The lowest BCUT2D eigenvalue weighted by molar-refractivity contribution is 0.134. The highest BCUT2D eigenvalue weighted by Crippen LogP contribution is 2.26. The molecular formula is C15H23ClN2O3S. The first kappa shape index (κ1) is 17.7. The molecule has 7 heteroatoms. The topological polar surface area (TPSA) is 60.9 Å². The Morgan fingerprint density at radius 2 is 1.95 bits per heavy atom. The minimum Gasteiger partial charge on any atom is -0.396 e. The summed E-state index contributed by atoms with van der Waals surface area (Å²) in [5, 5.41) is 9.94. The predicted octanol–water partition coefficient (Wildman–Crippen LogP) is 2.11. The summed E-state index contributed by atoms with van der Waals surface area (Å²) < 4.78 is 28.4. The minimum atomic E-state index is -3.54. The Morgan fingerprint density at radius 3 is 2.55 bits per heavy atom. The third kappa shape index (κ3) is 4.00. The maximum atomic E-state index is 12.8. The monoisotopic (exact) mass is 346 g/mol. The van der Waals surface area contributed by atoms with Crippen molar-refractivity contribution in [1.29, 1.82) is 0 Å². The van der Waals surface area contributed by atoms with Crippen LogP contribution in [-0.4, -0.2) is 48.4 Å². The molecule has 1 saturated heterocycles. The molecule has 5 nitrogen and oxygen atoms in total. The van der Waals surface area contributed by atoms with Crippen molar-refractivity contribution in [3.05, 3.63) is 34.9 Å². The second kappa shape index (κ2) is 7.27. The first-order valence-electron chi connectivity index (χ1n) is 7.43. The first-order valence-corrected chi connectivity index (χ1v) is 9.20. The highest BCUT2D eigenvalue weighted by atomic mass is 35.5. The molecule has 1 fully saturated rings. The zero-order valence-electron chi connectivity index (χ0n) is 12.9. The van der Waals surface area contributed by atoms with Crippen LogP contribution in [0.4, 0.5) is 0 Å². The number of aliphatic hydroxyl groups is 1. The normalized spacial score (nSPS) is 23.9. The quantitative estimate of drug-likeness (QED) is 0.888. The highest BCUT2D eigenvalue weighted by Gasteiger charge is 2.35. The van der Waals surface area contributed by atoms with Gasteiger partial charge in [0.2, 0.25) is 0 Å². The van der Waals surface area contributed by atoms with Gasteiger partial charge in [-0.2, -0.15) is 17.0 Å². The van der Waals surface area contributed by atoms with Crippen LogP contribution in [0.1, 0.15) is 25.3 Å². The van der Waals surface area contributed by atoms with E-state index in [0.29, 0.717) is 18.1 Å². The number of nitrogens with zero attached hydrogens (tertiary/aromatic N) is 2. The summed E-state index contributed by atoms with van der Waals surface area (Å²) in [6.45, 7) is 2.62. The van der Waals surface area contributed by atoms with E-state index in [1.165, 1.54) is 8.61 Å². The van der Waals surface area contributed by atoms with E-state index in [-0.39, 0.29) is 18.6 Å². The summed E-state index contributed by atoms with van der Waals surface area (Å²) in [5.41, 5.74) is 0.888. The van der Waals surface area contributed by atoms with Gasteiger partial charge in [-0.1, -0.05) is 23.7 Å². The molecule has 1 aromatic rings. The lowest BCUT2D eigenvalue weighted by atomic mass is 9.96. The molecule has 124 valence electrons. The van der Waals surface area contributed by atoms with Crippen molar-refractivity contribution < 1.29 is 13.5 Å². The number of hydrogen-bond donors (Lipinski definition) is 1. The maximum absolute atomic E-state index is 12.8. The van der Waals surface area contributed by atoms with Crippen LogP contribution in [0.3, 0.4) is 0 Å². The number of piperidine rings is 1. The molecule has 0 amide bonds. The standard InChI is InChI=1S/C15H23ClN2O3S/c1-12-3-4-14(11-19)10-18(12)22(20,21)17(2)9-13-5-7-15(16)8-6-13/h5-8,12,14,19H,3-4,9-11H2,1-2H3. The Hall–Kier alpha value is -0.660. The molecule has 0 aromatic heterocycles. The van der Waals surface area contributed by atoms with Crippen molar-refractivity contribution in [3.63, 3.8) is 0 Å². The Bertz CT molecular complexity index is 591. The van der Waals surface area contributed by atoms with Crippen LogP contribution in [0.15, 0.2) is 24.3 Å². The molecule has 2 atom stereocenters. The molecule has 1 N–H and O–H groups in total. The first-order chi connectivity index (χ1) is 10.3. The average Bonchev–Trinajstić information content (AvgIpc) is 2.49. The Balaban J connectivity index is 2.12. The molecule has 0 radical (unpaired) electrons. The van der Waals surface area contributed by atoms with Crippen molar-refractivity contribution >= 4 is 21.8 Å². The van der Waals surface area contributed by atoms with E-state index in [0.717, 1.165) is 18.4 Å². The molecule has 0 spiro atoms. The fraction of sp³-hybridized carbons (Fsp3) is 0.600. The molecule has 1 heterocycles. The summed E-state index contributed by atoms with van der Waals surface area (Å²) in [6.07, 6.45) is 1.64. The van der Waals surface area contributed by atoms with Crippen LogP contribution in [0, 0.1) is 5.92 Å². The predicted molar refractivity (Wildman–Crippen MR) is 87.8 cm³/mol. The lowest BCUT2D eigenvalue weighted by Gasteiger charge is -2.38. The zero-order chi connectivity index (χ0) is 16.3. The molecule has 2 unspecified atom stereocenters. The molecule has 22 heavy (non-hydrogen) atoms. The van der Waals surface area contributed by atoms with Gasteiger partial charge in [-0.05, 0) is 43.4 Å². The van der Waals surface area contributed by atoms with E-state index < -0.39 is 10.2 Å². The number of rotatable bonds is 5. The summed E-state index contributed by atoms with van der Waals surface area (Å²) in [7, 11) is -1.96. The molecule has 0 aliphatic carbocycles. The van der Waals surface area contributed by atoms with Crippen molar-refractivity contribution in [2.75, 3.05) is 20.2 Å². The van der Waals surface area contributed by atoms with Crippen LogP contribution < -0.4 is 0 Å². The largest absolute Gasteiger partial charge is 0.396 e. The van der Waals surface area contributed by atoms with Crippen LogP contribution in [-0.2, 0) is 16.8 Å². The molecule has 0 bridgehead atoms. The number of hydrogen-bond acceptors (Lipinski definition) is 3. The summed E-state index contributed by atoms with van der Waals surface area (Å²) in [6, 6.07) is 7.11. The Kier molecular flexibility index (Phi) is 5.85. The maximum Gasteiger partial charge on any atom is 0.282 e. The molecule has 0 saturated carbocycles. The van der Waals surface area contributed by atoms with Crippen LogP contribution in [0.25, 0.3) is 0 Å². The lowest BCUT2D eigenvalue weighted by Crippen LogP contribution is -2.51. The van der Waals surface area contributed by atoms with E-state index in [1.807, 2.05) is 19.1 Å². The Labute approximate surface area is 137 Å². The third-order valence-corrected chi connectivity index (χ3v) is 6.46. The average molecular weight is 347 g/mol. The minimum absolute atomic E-state index is 0.0231. The van der Waals surface area contributed by atoms with Gasteiger partial charge in [-0.25, -0.2) is 0 Å². The van der Waals surface area contributed by atoms with Gasteiger partial charge in [-0.3, -0.25) is 0 Å².